The van der Waals surface area contributed by atoms with Gasteiger partial charge in [-0.1, -0.05) is 48.5 Å². The van der Waals surface area contributed by atoms with Crippen molar-refractivity contribution in [1.82, 2.24) is 15.6 Å². The maximum Gasteiger partial charge on any atom is 0.243 e. The number of hydrogen-bond donors (Lipinski definition) is 3. The normalized spacial score (nSPS) is 12.1. The van der Waals surface area contributed by atoms with E-state index in [4.69, 9.17) is 0 Å². The van der Waals surface area contributed by atoms with E-state index in [0.717, 1.165) is 22.0 Å². The highest BCUT2D eigenvalue weighted by Gasteiger charge is 2.23. The Morgan fingerprint density at radius 1 is 0.963 bits per heavy atom. The van der Waals surface area contributed by atoms with E-state index in [1.165, 1.54) is 0 Å². The first-order valence-electron chi connectivity index (χ1n) is 9.21. The number of benzene rings is 2. The van der Waals surface area contributed by atoms with Gasteiger partial charge in [0, 0.05) is 29.6 Å². The van der Waals surface area contributed by atoms with Crippen molar-refractivity contribution in [2.45, 2.75) is 38.8 Å². The summed E-state index contributed by atoms with van der Waals surface area (Å²) in [6.07, 6.45) is 2.59. The van der Waals surface area contributed by atoms with Crippen molar-refractivity contribution in [2.75, 3.05) is 0 Å². The fourth-order valence-electron chi connectivity index (χ4n) is 3.14. The molecular formula is C22H25N3O2. The summed E-state index contributed by atoms with van der Waals surface area (Å²) in [5, 5.41) is 6.88. The molecule has 0 radical (unpaired) electrons. The average molecular weight is 363 g/mol. The van der Waals surface area contributed by atoms with Gasteiger partial charge in [0.15, 0.2) is 0 Å². The average Bonchev–Trinajstić information content (AvgIpc) is 3.04. The quantitative estimate of drug-likeness (QED) is 0.604. The highest BCUT2D eigenvalue weighted by molar-refractivity contribution is 5.90. The van der Waals surface area contributed by atoms with Crippen LogP contribution in [-0.2, 0) is 22.4 Å². The minimum absolute atomic E-state index is 0.00833. The van der Waals surface area contributed by atoms with E-state index in [1.807, 2.05) is 74.6 Å². The minimum atomic E-state index is -0.622. The summed E-state index contributed by atoms with van der Waals surface area (Å²) in [5.74, 6) is -0.332. The number of carbonyl (C=O) groups is 2. The van der Waals surface area contributed by atoms with E-state index in [1.54, 1.807) is 0 Å². The molecule has 0 bridgehead atoms. The minimum Gasteiger partial charge on any atom is -0.361 e. The van der Waals surface area contributed by atoms with Gasteiger partial charge in [0.1, 0.15) is 6.04 Å². The molecular weight excluding hydrogens is 338 g/mol. The Morgan fingerprint density at radius 2 is 1.67 bits per heavy atom. The first-order valence-corrected chi connectivity index (χ1v) is 9.21. The molecule has 2 aromatic carbocycles. The standard InChI is InChI=1S/C22H25N3O2/c1-15(2)24-22(27)20(25-21(26)12-16-8-4-3-5-9-16)13-17-14-23-19-11-7-6-10-18(17)19/h3-11,14-15,20,23H,12-13H2,1-2H3,(H,24,27)(H,25,26)/t20-/m1/s1. The molecule has 0 spiro atoms. The van der Waals surface area contributed by atoms with Gasteiger partial charge in [-0.2, -0.15) is 0 Å². The molecule has 1 atom stereocenters. The van der Waals surface area contributed by atoms with Crippen molar-refractivity contribution in [3.63, 3.8) is 0 Å². The van der Waals surface area contributed by atoms with Gasteiger partial charge in [-0.3, -0.25) is 9.59 Å². The van der Waals surface area contributed by atoms with Crippen LogP contribution in [0.25, 0.3) is 10.9 Å². The van der Waals surface area contributed by atoms with Gasteiger partial charge >= 0.3 is 0 Å². The second-order valence-electron chi connectivity index (χ2n) is 7.01. The van der Waals surface area contributed by atoms with Crippen LogP contribution in [0.15, 0.2) is 60.8 Å². The van der Waals surface area contributed by atoms with Crippen LogP contribution in [0.1, 0.15) is 25.0 Å². The van der Waals surface area contributed by atoms with Crippen molar-refractivity contribution in [3.8, 4) is 0 Å². The van der Waals surface area contributed by atoms with E-state index in [-0.39, 0.29) is 24.3 Å². The molecule has 0 aliphatic carbocycles. The molecule has 5 nitrogen and oxygen atoms in total. The van der Waals surface area contributed by atoms with Crippen LogP contribution in [0, 0.1) is 0 Å². The molecule has 27 heavy (non-hydrogen) atoms. The predicted molar refractivity (Wildman–Crippen MR) is 107 cm³/mol. The summed E-state index contributed by atoms with van der Waals surface area (Å²) < 4.78 is 0. The first-order chi connectivity index (χ1) is 13.0. The summed E-state index contributed by atoms with van der Waals surface area (Å²) in [5.41, 5.74) is 2.95. The molecule has 1 aromatic heterocycles. The molecule has 3 N–H and O–H groups in total. The number of H-pyrrole nitrogens is 1. The van der Waals surface area contributed by atoms with Gasteiger partial charge in [-0.15, -0.1) is 0 Å². The highest BCUT2D eigenvalue weighted by atomic mass is 16.2. The van der Waals surface area contributed by atoms with Gasteiger partial charge in [-0.05, 0) is 31.0 Å². The number of fused-ring (bicyclic) bond motifs is 1. The smallest absolute Gasteiger partial charge is 0.243 e. The Morgan fingerprint density at radius 3 is 2.41 bits per heavy atom. The van der Waals surface area contributed by atoms with Crippen LogP contribution in [0.2, 0.25) is 0 Å². The van der Waals surface area contributed by atoms with Crippen LogP contribution in [-0.4, -0.2) is 28.9 Å². The number of amides is 2. The van der Waals surface area contributed by atoms with E-state index >= 15 is 0 Å². The molecule has 3 aromatic rings. The lowest BCUT2D eigenvalue weighted by Crippen LogP contribution is -2.50. The molecule has 5 heteroatoms. The summed E-state index contributed by atoms with van der Waals surface area (Å²) in [7, 11) is 0. The fourth-order valence-corrected chi connectivity index (χ4v) is 3.14. The second kappa shape index (κ2) is 8.54. The number of nitrogens with one attached hydrogen (secondary N) is 3. The molecule has 2 amide bonds. The first kappa shape index (κ1) is 18.7. The summed E-state index contributed by atoms with van der Waals surface area (Å²) in [6.45, 7) is 3.82. The number of aromatic nitrogens is 1. The van der Waals surface area contributed by atoms with E-state index < -0.39 is 6.04 Å². The molecule has 0 saturated carbocycles. The third kappa shape index (κ3) is 4.97. The summed E-state index contributed by atoms with van der Waals surface area (Å²) in [4.78, 5) is 28.4. The highest BCUT2D eigenvalue weighted by Crippen LogP contribution is 2.19. The number of rotatable bonds is 7. The van der Waals surface area contributed by atoms with Crippen LogP contribution >= 0.6 is 0 Å². The fraction of sp³-hybridized carbons (Fsp3) is 0.273. The second-order valence-corrected chi connectivity index (χ2v) is 7.01. The Bertz CT molecular complexity index is 915. The Labute approximate surface area is 159 Å². The lowest BCUT2D eigenvalue weighted by atomic mass is 10.0. The zero-order chi connectivity index (χ0) is 19.2. The maximum absolute atomic E-state index is 12.7. The molecule has 0 aliphatic rings. The van der Waals surface area contributed by atoms with Crippen LogP contribution < -0.4 is 10.6 Å². The van der Waals surface area contributed by atoms with Crippen molar-refractivity contribution < 1.29 is 9.59 Å². The van der Waals surface area contributed by atoms with Gasteiger partial charge in [0.05, 0.1) is 6.42 Å². The van der Waals surface area contributed by atoms with Gasteiger partial charge in [-0.25, -0.2) is 0 Å². The van der Waals surface area contributed by atoms with Crippen LogP contribution in [0.3, 0.4) is 0 Å². The third-order valence-corrected chi connectivity index (χ3v) is 4.39. The largest absolute Gasteiger partial charge is 0.361 e. The van der Waals surface area contributed by atoms with Crippen molar-refractivity contribution >= 4 is 22.7 Å². The summed E-state index contributed by atoms with van der Waals surface area (Å²) >= 11 is 0. The van der Waals surface area contributed by atoms with E-state index in [2.05, 4.69) is 15.6 Å². The number of para-hydroxylation sites is 1. The summed E-state index contributed by atoms with van der Waals surface area (Å²) in [6, 6.07) is 16.9. The van der Waals surface area contributed by atoms with Crippen molar-refractivity contribution in [1.29, 1.82) is 0 Å². The zero-order valence-electron chi connectivity index (χ0n) is 15.7. The molecule has 0 fully saturated rings. The third-order valence-electron chi connectivity index (χ3n) is 4.39. The van der Waals surface area contributed by atoms with Crippen molar-refractivity contribution in [3.05, 3.63) is 71.9 Å². The SMILES string of the molecule is CC(C)NC(=O)[C@@H](Cc1c[nH]c2ccccc12)NC(=O)Cc1ccccc1. The lowest BCUT2D eigenvalue weighted by Gasteiger charge is -2.20. The number of aromatic amines is 1. The monoisotopic (exact) mass is 363 g/mol. The Kier molecular flexibility index (Phi) is 5.91. The Balaban J connectivity index is 1.76. The van der Waals surface area contributed by atoms with Crippen LogP contribution in [0.4, 0.5) is 0 Å². The maximum atomic E-state index is 12.7. The van der Waals surface area contributed by atoms with E-state index in [0.29, 0.717) is 6.42 Å². The van der Waals surface area contributed by atoms with Gasteiger partial charge in [0.25, 0.3) is 0 Å². The zero-order valence-corrected chi connectivity index (χ0v) is 15.7. The predicted octanol–water partition coefficient (Wildman–Crippen LogP) is 2.96. The number of hydrogen-bond acceptors (Lipinski definition) is 2. The lowest BCUT2D eigenvalue weighted by molar-refractivity contribution is -0.129. The molecule has 0 aliphatic heterocycles. The topological polar surface area (TPSA) is 74.0 Å². The molecule has 1 heterocycles. The van der Waals surface area contributed by atoms with Gasteiger partial charge in [0.2, 0.25) is 11.8 Å². The molecule has 3 rings (SSSR count). The molecule has 0 saturated heterocycles. The molecule has 0 unspecified atom stereocenters. The van der Waals surface area contributed by atoms with Crippen LogP contribution in [0.5, 0.6) is 0 Å². The van der Waals surface area contributed by atoms with Crippen molar-refractivity contribution in [2.24, 2.45) is 0 Å². The van der Waals surface area contributed by atoms with E-state index in [9.17, 15) is 9.59 Å². The Hall–Kier alpha value is -3.08. The molecule has 140 valence electrons. The van der Waals surface area contributed by atoms with Gasteiger partial charge < -0.3 is 15.6 Å². The number of carbonyl (C=O) groups excluding carboxylic acids is 2.